The molecular weight excluding hydrogens is 263 g/mol. The van der Waals surface area contributed by atoms with Crippen molar-refractivity contribution in [3.63, 3.8) is 0 Å². The molecule has 2 amide bonds. The van der Waals surface area contributed by atoms with Crippen LogP contribution in [0.15, 0.2) is 0 Å². The van der Waals surface area contributed by atoms with Gasteiger partial charge in [0.2, 0.25) is 11.8 Å². The highest BCUT2D eigenvalue weighted by Crippen LogP contribution is 2.17. The first-order valence-electron chi connectivity index (χ1n) is 5.77. The van der Waals surface area contributed by atoms with E-state index in [1.807, 2.05) is 0 Å². The SMILES string of the molecule is CC(C)[C@@H](N)C(=O)N(CC(=O)N(C)C)CC(F)(F)F. The van der Waals surface area contributed by atoms with Gasteiger partial charge in [-0.15, -0.1) is 0 Å². The fourth-order valence-corrected chi connectivity index (χ4v) is 1.23. The molecule has 0 aromatic carbocycles. The van der Waals surface area contributed by atoms with E-state index in [0.717, 1.165) is 4.90 Å². The van der Waals surface area contributed by atoms with Crippen molar-refractivity contribution >= 4 is 11.8 Å². The number of likely N-dealkylation sites (N-methyl/N-ethyl adjacent to an activating group) is 1. The average Bonchev–Trinajstić information content (AvgIpc) is 2.23. The standard InChI is InChI=1S/C11H20F3N3O2/c1-7(2)9(15)10(19)17(6-11(12,13)14)5-8(18)16(3)4/h7,9H,5-6,15H2,1-4H3/t9-/m1/s1. The quantitative estimate of drug-likeness (QED) is 0.796. The number of amides is 2. The number of hydrogen-bond donors (Lipinski definition) is 1. The lowest BCUT2D eigenvalue weighted by molar-refractivity contribution is -0.165. The monoisotopic (exact) mass is 283 g/mol. The maximum atomic E-state index is 12.4. The summed E-state index contributed by atoms with van der Waals surface area (Å²) in [6, 6.07) is -1.06. The molecule has 1 atom stereocenters. The molecule has 0 bridgehead atoms. The third-order valence-corrected chi connectivity index (χ3v) is 2.51. The molecule has 0 radical (unpaired) electrons. The normalized spacial score (nSPS) is 13.3. The van der Waals surface area contributed by atoms with E-state index in [1.165, 1.54) is 14.1 Å². The van der Waals surface area contributed by atoms with E-state index < -0.39 is 37.1 Å². The number of nitrogens with two attached hydrogens (primary N) is 1. The summed E-state index contributed by atoms with van der Waals surface area (Å²) in [6.45, 7) is 1.14. The molecule has 0 aliphatic carbocycles. The summed E-state index contributed by atoms with van der Waals surface area (Å²) in [7, 11) is 2.81. The minimum Gasteiger partial charge on any atom is -0.347 e. The maximum Gasteiger partial charge on any atom is 0.406 e. The third-order valence-electron chi connectivity index (χ3n) is 2.51. The molecule has 0 saturated heterocycles. The predicted octanol–water partition coefficient (Wildman–Crippen LogP) is 0.449. The molecule has 0 rings (SSSR count). The van der Waals surface area contributed by atoms with Gasteiger partial charge in [-0.05, 0) is 5.92 Å². The number of hydrogen-bond acceptors (Lipinski definition) is 3. The van der Waals surface area contributed by atoms with Gasteiger partial charge >= 0.3 is 6.18 Å². The molecule has 8 heteroatoms. The number of alkyl halides is 3. The highest BCUT2D eigenvalue weighted by Gasteiger charge is 2.36. The van der Waals surface area contributed by atoms with E-state index >= 15 is 0 Å². The molecular formula is C11H20F3N3O2. The zero-order valence-corrected chi connectivity index (χ0v) is 11.5. The second-order valence-corrected chi connectivity index (χ2v) is 4.87. The van der Waals surface area contributed by atoms with Crippen molar-refractivity contribution < 1.29 is 22.8 Å². The van der Waals surface area contributed by atoms with E-state index in [-0.39, 0.29) is 5.92 Å². The molecule has 0 spiro atoms. The van der Waals surface area contributed by atoms with Gasteiger partial charge in [0, 0.05) is 14.1 Å². The molecule has 0 aromatic rings. The number of nitrogens with zero attached hydrogens (tertiary/aromatic N) is 2. The van der Waals surface area contributed by atoms with E-state index in [1.54, 1.807) is 13.8 Å². The number of carbonyl (C=O) groups is 2. The molecule has 112 valence electrons. The lowest BCUT2D eigenvalue weighted by Crippen LogP contribution is -2.52. The minimum absolute atomic E-state index is 0.308. The Kier molecular flexibility index (Phi) is 6.28. The summed E-state index contributed by atoms with van der Waals surface area (Å²) < 4.78 is 37.3. The number of carbonyl (C=O) groups excluding carboxylic acids is 2. The Morgan fingerprint density at radius 2 is 1.68 bits per heavy atom. The van der Waals surface area contributed by atoms with E-state index in [0.29, 0.717) is 4.90 Å². The molecule has 0 aliphatic heterocycles. The summed E-state index contributed by atoms with van der Waals surface area (Å²) in [5.74, 6) is -1.77. The Morgan fingerprint density at radius 3 is 2.00 bits per heavy atom. The lowest BCUT2D eigenvalue weighted by atomic mass is 10.0. The highest BCUT2D eigenvalue weighted by molar-refractivity contribution is 5.87. The molecule has 5 nitrogen and oxygen atoms in total. The Bertz CT molecular complexity index is 330. The van der Waals surface area contributed by atoms with Gasteiger partial charge < -0.3 is 15.5 Å². The largest absolute Gasteiger partial charge is 0.406 e. The van der Waals surface area contributed by atoms with Gasteiger partial charge in [0.25, 0.3) is 0 Å². The van der Waals surface area contributed by atoms with Gasteiger partial charge in [0.1, 0.15) is 13.1 Å². The summed E-state index contributed by atoms with van der Waals surface area (Å²) >= 11 is 0. The van der Waals surface area contributed by atoms with Crippen LogP contribution in [0.2, 0.25) is 0 Å². The molecule has 2 N–H and O–H groups in total. The first kappa shape index (κ1) is 17.7. The highest BCUT2D eigenvalue weighted by atomic mass is 19.4. The van der Waals surface area contributed by atoms with Crippen molar-refractivity contribution in [3.8, 4) is 0 Å². The molecule has 19 heavy (non-hydrogen) atoms. The van der Waals surface area contributed by atoms with Crippen LogP contribution in [0.3, 0.4) is 0 Å². The van der Waals surface area contributed by atoms with Crippen LogP contribution in [-0.2, 0) is 9.59 Å². The molecule has 0 saturated carbocycles. The molecule has 0 fully saturated rings. The summed E-state index contributed by atoms with van der Waals surface area (Å²) in [4.78, 5) is 24.9. The fourth-order valence-electron chi connectivity index (χ4n) is 1.23. The second kappa shape index (κ2) is 6.74. The van der Waals surface area contributed by atoms with Crippen molar-refractivity contribution in [2.75, 3.05) is 27.2 Å². The molecule has 0 heterocycles. The summed E-state index contributed by atoms with van der Waals surface area (Å²) in [5.41, 5.74) is 5.55. The topological polar surface area (TPSA) is 66.6 Å². The fraction of sp³-hybridized carbons (Fsp3) is 0.818. The van der Waals surface area contributed by atoms with Gasteiger partial charge in [0.15, 0.2) is 0 Å². The molecule has 0 aliphatic rings. The van der Waals surface area contributed by atoms with Crippen molar-refractivity contribution in [1.29, 1.82) is 0 Å². The lowest BCUT2D eigenvalue weighted by Gasteiger charge is -2.28. The molecule has 0 unspecified atom stereocenters. The van der Waals surface area contributed by atoms with Crippen LogP contribution in [0.4, 0.5) is 13.2 Å². The Morgan fingerprint density at radius 1 is 1.21 bits per heavy atom. The van der Waals surface area contributed by atoms with Crippen LogP contribution >= 0.6 is 0 Å². The van der Waals surface area contributed by atoms with Gasteiger partial charge in [-0.25, -0.2) is 0 Å². The zero-order valence-electron chi connectivity index (χ0n) is 11.5. The van der Waals surface area contributed by atoms with Crippen molar-refractivity contribution in [1.82, 2.24) is 9.80 Å². The Hall–Kier alpha value is -1.31. The smallest absolute Gasteiger partial charge is 0.347 e. The predicted molar refractivity (Wildman–Crippen MR) is 64.1 cm³/mol. The number of rotatable bonds is 5. The Balaban J connectivity index is 4.96. The Labute approximate surface area is 110 Å². The number of halogens is 3. The zero-order chi connectivity index (χ0) is 15.4. The van der Waals surface area contributed by atoms with Crippen LogP contribution in [0, 0.1) is 5.92 Å². The van der Waals surface area contributed by atoms with Gasteiger partial charge in [-0.3, -0.25) is 9.59 Å². The minimum atomic E-state index is -4.57. The van der Waals surface area contributed by atoms with Crippen molar-refractivity contribution in [2.45, 2.75) is 26.1 Å². The van der Waals surface area contributed by atoms with Crippen molar-refractivity contribution in [3.05, 3.63) is 0 Å². The van der Waals surface area contributed by atoms with Gasteiger partial charge in [-0.2, -0.15) is 13.2 Å². The van der Waals surface area contributed by atoms with Gasteiger partial charge in [-0.1, -0.05) is 13.8 Å². The van der Waals surface area contributed by atoms with Crippen molar-refractivity contribution in [2.24, 2.45) is 11.7 Å². The first-order chi connectivity index (χ1) is 8.45. The van der Waals surface area contributed by atoms with E-state index in [9.17, 15) is 22.8 Å². The van der Waals surface area contributed by atoms with Crippen LogP contribution < -0.4 is 5.73 Å². The van der Waals surface area contributed by atoms with Crippen LogP contribution in [0.25, 0.3) is 0 Å². The first-order valence-corrected chi connectivity index (χ1v) is 5.77. The summed E-state index contributed by atoms with van der Waals surface area (Å²) in [5, 5.41) is 0. The van der Waals surface area contributed by atoms with Crippen LogP contribution in [-0.4, -0.2) is 61.0 Å². The van der Waals surface area contributed by atoms with Gasteiger partial charge in [0.05, 0.1) is 6.04 Å². The summed E-state index contributed by atoms with van der Waals surface area (Å²) in [6.07, 6.45) is -4.57. The molecule has 0 aromatic heterocycles. The van der Waals surface area contributed by atoms with E-state index in [4.69, 9.17) is 5.73 Å². The second-order valence-electron chi connectivity index (χ2n) is 4.87. The third kappa shape index (κ3) is 6.42. The maximum absolute atomic E-state index is 12.4. The van der Waals surface area contributed by atoms with Crippen LogP contribution in [0.5, 0.6) is 0 Å². The van der Waals surface area contributed by atoms with Crippen LogP contribution in [0.1, 0.15) is 13.8 Å². The average molecular weight is 283 g/mol. The van der Waals surface area contributed by atoms with E-state index in [2.05, 4.69) is 0 Å².